The Hall–Kier alpha value is -0.870. The third-order valence-electron chi connectivity index (χ3n) is 5.50. The number of likely N-dealkylation sites (tertiary alicyclic amines) is 1. The van der Waals surface area contributed by atoms with Gasteiger partial charge in [-0.15, -0.1) is 0 Å². The van der Waals surface area contributed by atoms with Crippen LogP contribution in [0.15, 0.2) is 12.5 Å². The van der Waals surface area contributed by atoms with Gasteiger partial charge in [-0.25, -0.2) is 4.98 Å². The predicted octanol–water partition coefficient (Wildman–Crippen LogP) is 3.12. The summed E-state index contributed by atoms with van der Waals surface area (Å²) in [5, 5.41) is 0. The molecule has 118 valence electrons. The van der Waals surface area contributed by atoms with Gasteiger partial charge in [0, 0.05) is 24.8 Å². The number of nitrogens with zero attached hydrogens (tertiary/aromatic N) is 3. The van der Waals surface area contributed by atoms with Gasteiger partial charge in [-0.1, -0.05) is 12.8 Å². The van der Waals surface area contributed by atoms with Crippen LogP contribution in [0.25, 0.3) is 0 Å². The Balaban J connectivity index is 1.82. The first kappa shape index (κ1) is 15.0. The number of nitrogens with two attached hydrogens (primary N) is 1. The van der Waals surface area contributed by atoms with Crippen LogP contribution in [0, 0.1) is 5.92 Å². The molecule has 0 aromatic carbocycles. The second-order valence-corrected chi connectivity index (χ2v) is 7.06. The summed E-state index contributed by atoms with van der Waals surface area (Å²) in [5.41, 5.74) is 7.49. The molecule has 2 fully saturated rings. The van der Waals surface area contributed by atoms with Gasteiger partial charge in [0.1, 0.15) is 0 Å². The molecule has 4 heteroatoms. The maximum atomic E-state index is 6.19. The Morgan fingerprint density at radius 3 is 2.67 bits per heavy atom. The van der Waals surface area contributed by atoms with Gasteiger partial charge in [-0.3, -0.25) is 4.90 Å². The zero-order valence-corrected chi connectivity index (χ0v) is 13.5. The van der Waals surface area contributed by atoms with Crippen LogP contribution in [0.3, 0.4) is 0 Å². The lowest BCUT2D eigenvalue weighted by molar-refractivity contribution is 0.132. The smallest absolute Gasteiger partial charge is 0.0951 e. The van der Waals surface area contributed by atoms with Gasteiger partial charge in [0.15, 0.2) is 0 Å². The van der Waals surface area contributed by atoms with E-state index >= 15 is 0 Å². The number of rotatable bonds is 5. The fourth-order valence-corrected chi connectivity index (χ4v) is 4.48. The van der Waals surface area contributed by atoms with Crippen LogP contribution in [0.1, 0.15) is 70.2 Å². The van der Waals surface area contributed by atoms with Gasteiger partial charge >= 0.3 is 0 Å². The molecule has 21 heavy (non-hydrogen) atoms. The molecule has 3 rings (SSSR count). The molecule has 1 saturated heterocycles. The monoisotopic (exact) mass is 290 g/mol. The molecule has 2 heterocycles. The second kappa shape index (κ2) is 6.49. The van der Waals surface area contributed by atoms with E-state index in [1.807, 2.05) is 12.5 Å². The molecule has 0 amide bonds. The highest BCUT2D eigenvalue weighted by Crippen LogP contribution is 2.39. The number of hydrogen-bond donors (Lipinski definition) is 1. The van der Waals surface area contributed by atoms with Crippen molar-refractivity contribution in [2.24, 2.45) is 11.7 Å². The van der Waals surface area contributed by atoms with Gasteiger partial charge in [-0.05, 0) is 52.0 Å². The zero-order valence-electron chi connectivity index (χ0n) is 13.5. The minimum absolute atomic E-state index is 0.336. The molecule has 0 spiro atoms. The summed E-state index contributed by atoms with van der Waals surface area (Å²) >= 11 is 0. The first-order chi connectivity index (χ1) is 10.2. The molecule has 0 radical (unpaired) electrons. The Bertz CT molecular complexity index is 447. The summed E-state index contributed by atoms with van der Waals surface area (Å²) in [6.45, 7) is 6.34. The largest absolute Gasteiger partial charge is 0.331 e. The van der Waals surface area contributed by atoms with Crippen molar-refractivity contribution in [1.29, 1.82) is 0 Å². The lowest BCUT2D eigenvalue weighted by atomic mass is 9.94. The van der Waals surface area contributed by atoms with Crippen molar-refractivity contribution in [3.8, 4) is 0 Å². The van der Waals surface area contributed by atoms with E-state index in [2.05, 4.69) is 28.3 Å². The van der Waals surface area contributed by atoms with Gasteiger partial charge in [0.05, 0.1) is 18.1 Å². The zero-order chi connectivity index (χ0) is 14.8. The summed E-state index contributed by atoms with van der Waals surface area (Å²) in [6, 6.07) is 1.53. The Morgan fingerprint density at radius 2 is 2.00 bits per heavy atom. The molecule has 2 unspecified atom stereocenters. The standard InChI is InChI=1S/C17H30N4/c1-13(2)21-12-19-11-17(21)16(10-18)20-9-5-8-15(20)14-6-3-4-7-14/h11-16H,3-10,18H2,1-2H3. The number of aromatic nitrogens is 2. The fourth-order valence-electron chi connectivity index (χ4n) is 4.48. The van der Waals surface area contributed by atoms with E-state index in [1.54, 1.807) is 0 Å². The van der Waals surface area contributed by atoms with Gasteiger partial charge in [-0.2, -0.15) is 0 Å². The third kappa shape index (κ3) is 2.88. The summed E-state index contributed by atoms with van der Waals surface area (Å²) in [4.78, 5) is 7.09. The van der Waals surface area contributed by atoms with Crippen molar-refractivity contribution >= 4 is 0 Å². The van der Waals surface area contributed by atoms with E-state index in [0.717, 1.165) is 12.0 Å². The second-order valence-electron chi connectivity index (χ2n) is 7.06. The van der Waals surface area contributed by atoms with Crippen molar-refractivity contribution in [3.05, 3.63) is 18.2 Å². The van der Waals surface area contributed by atoms with Gasteiger partial charge < -0.3 is 10.3 Å². The minimum atomic E-state index is 0.336. The van der Waals surface area contributed by atoms with E-state index in [9.17, 15) is 0 Å². The molecule has 1 aromatic rings. The maximum absolute atomic E-state index is 6.19. The molecular formula is C17H30N4. The van der Waals surface area contributed by atoms with Crippen LogP contribution < -0.4 is 5.73 Å². The number of imidazole rings is 1. The molecular weight excluding hydrogens is 260 g/mol. The highest BCUT2D eigenvalue weighted by atomic mass is 15.2. The highest BCUT2D eigenvalue weighted by Gasteiger charge is 2.37. The number of hydrogen-bond acceptors (Lipinski definition) is 3. The maximum Gasteiger partial charge on any atom is 0.0951 e. The topological polar surface area (TPSA) is 47.1 Å². The molecule has 4 nitrogen and oxygen atoms in total. The van der Waals surface area contributed by atoms with Crippen LogP contribution in [-0.4, -0.2) is 33.6 Å². The van der Waals surface area contributed by atoms with Crippen molar-refractivity contribution in [2.45, 2.75) is 70.5 Å². The quantitative estimate of drug-likeness (QED) is 0.906. The Labute approximate surface area is 128 Å². The fraction of sp³-hybridized carbons (Fsp3) is 0.824. The van der Waals surface area contributed by atoms with E-state index in [0.29, 0.717) is 18.6 Å². The third-order valence-corrected chi connectivity index (χ3v) is 5.50. The van der Waals surface area contributed by atoms with E-state index in [4.69, 9.17) is 5.73 Å². The molecule has 2 atom stereocenters. The minimum Gasteiger partial charge on any atom is -0.331 e. The average Bonchev–Trinajstić information content (AvgIpc) is 3.21. The van der Waals surface area contributed by atoms with Crippen molar-refractivity contribution in [1.82, 2.24) is 14.5 Å². The van der Waals surface area contributed by atoms with Crippen LogP contribution in [0.2, 0.25) is 0 Å². The predicted molar refractivity (Wildman–Crippen MR) is 86.1 cm³/mol. The SMILES string of the molecule is CC(C)n1cncc1C(CN)N1CCCC1C1CCCC1. The van der Waals surface area contributed by atoms with E-state index in [-0.39, 0.29) is 0 Å². The summed E-state index contributed by atoms with van der Waals surface area (Å²) in [5.74, 6) is 0.900. The van der Waals surface area contributed by atoms with Crippen molar-refractivity contribution in [2.75, 3.05) is 13.1 Å². The lowest BCUT2D eigenvalue weighted by Crippen LogP contribution is -2.41. The van der Waals surface area contributed by atoms with Crippen LogP contribution >= 0.6 is 0 Å². The van der Waals surface area contributed by atoms with Crippen molar-refractivity contribution in [3.63, 3.8) is 0 Å². The van der Waals surface area contributed by atoms with Crippen LogP contribution in [-0.2, 0) is 0 Å². The first-order valence-corrected chi connectivity index (χ1v) is 8.70. The van der Waals surface area contributed by atoms with E-state index in [1.165, 1.54) is 50.8 Å². The molecule has 2 aliphatic rings. The molecule has 2 N–H and O–H groups in total. The summed E-state index contributed by atoms with van der Waals surface area (Å²) in [6.07, 6.45) is 12.4. The van der Waals surface area contributed by atoms with E-state index < -0.39 is 0 Å². The van der Waals surface area contributed by atoms with Gasteiger partial charge in [0.25, 0.3) is 0 Å². The molecule has 1 aliphatic carbocycles. The van der Waals surface area contributed by atoms with Gasteiger partial charge in [0.2, 0.25) is 0 Å². The molecule has 1 aromatic heterocycles. The highest BCUT2D eigenvalue weighted by molar-refractivity contribution is 5.10. The molecule has 0 bridgehead atoms. The summed E-state index contributed by atoms with van der Waals surface area (Å²) in [7, 11) is 0. The summed E-state index contributed by atoms with van der Waals surface area (Å²) < 4.78 is 2.29. The average molecular weight is 290 g/mol. The Kier molecular flexibility index (Phi) is 4.65. The normalized spacial score (nSPS) is 26.0. The lowest BCUT2D eigenvalue weighted by Gasteiger charge is -2.36. The first-order valence-electron chi connectivity index (χ1n) is 8.70. The van der Waals surface area contributed by atoms with Crippen LogP contribution in [0.5, 0.6) is 0 Å². The van der Waals surface area contributed by atoms with Crippen molar-refractivity contribution < 1.29 is 0 Å². The molecule has 1 saturated carbocycles. The molecule has 1 aliphatic heterocycles. The Morgan fingerprint density at radius 1 is 1.24 bits per heavy atom. The van der Waals surface area contributed by atoms with Crippen LogP contribution in [0.4, 0.5) is 0 Å².